The fraction of sp³-hybridized carbons (Fsp3) is 0.346. The molecule has 1 fully saturated rings. The van der Waals surface area contributed by atoms with E-state index in [9.17, 15) is 18.0 Å². The Hall–Kier alpha value is -4.33. The van der Waals surface area contributed by atoms with Gasteiger partial charge in [0, 0.05) is 56.4 Å². The van der Waals surface area contributed by atoms with Crippen molar-refractivity contribution in [3.05, 3.63) is 65.1 Å². The number of rotatable bonds is 5. The Morgan fingerprint density at radius 3 is 2.38 bits per heavy atom. The number of aryl methyl sites for hydroxylation is 2. The molecular formula is C26H27F4N9O. The molecule has 1 aliphatic rings. The Balaban J connectivity index is 1.44. The summed E-state index contributed by atoms with van der Waals surface area (Å²) in [7, 11) is 3.70. The normalized spacial score (nSPS) is 14.6. The summed E-state index contributed by atoms with van der Waals surface area (Å²) in [5, 5.41) is 15.1. The minimum Gasteiger partial charge on any atom is -0.367 e. The first-order chi connectivity index (χ1) is 18.9. The first-order valence-corrected chi connectivity index (χ1v) is 12.5. The van der Waals surface area contributed by atoms with Gasteiger partial charge in [0.25, 0.3) is 5.91 Å². The quantitative estimate of drug-likeness (QED) is 0.373. The Morgan fingerprint density at radius 1 is 1.00 bits per heavy atom. The predicted octanol–water partition coefficient (Wildman–Crippen LogP) is 3.84. The molecule has 1 amide bonds. The minimum absolute atomic E-state index is 0.0780. The lowest BCUT2D eigenvalue weighted by molar-refractivity contribution is -0.139. The number of alkyl halides is 3. The SMILES string of the molecule is Cc1ncc(C(=O)Nc2cc(N3CCN(C)CC3)c(F)c(C(F)(F)F)c2)cc1-n1cc(-c2cnn(C)c2C)nn1. The van der Waals surface area contributed by atoms with Crippen molar-refractivity contribution >= 4 is 17.3 Å². The molecule has 3 aromatic heterocycles. The summed E-state index contributed by atoms with van der Waals surface area (Å²) in [5.74, 6) is -2.07. The van der Waals surface area contributed by atoms with E-state index in [-0.39, 0.29) is 16.9 Å². The van der Waals surface area contributed by atoms with Gasteiger partial charge in [0.1, 0.15) is 5.69 Å². The smallest absolute Gasteiger partial charge is 0.367 e. The van der Waals surface area contributed by atoms with Crippen LogP contribution in [-0.2, 0) is 13.2 Å². The van der Waals surface area contributed by atoms with Gasteiger partial charge in [-0.25, -0.2) is 9.07 Å². The van der Waals surface area contributed by atoms with E-state index >= 15 is 4.39 Å². The van der Waals surface area contributed by atoms with Crippen LogP contribution in [0.5, 0.6) is 0 Å². The maximum atomic E-state index is 15.0. The second-order valence-corrected chi connectivity index (χ2v) is 9.74. The van der Waals surface area contributed by atoms with E-state index in [0.717, 1.165) is 11.3 Å². The molecule has 4 heterocycles. The average Bonchev–Trinajstić information content (AvgIpc) is 3.51. The van der Waals surface area contributed by atoms with Crippen molar-refractivity contribution in [2.45, 2.75) is 20.0 Å². The Bertz CT molecular complexity index is 1570. The molecule has 1 aliphatic heterocycles. The first kappa shape index (κ1) is 27.2. The van der Waals surface area contributed by atoms with Crippen LogP contribution >= 0.6 is 0 Å². The first-order valence-electron chi connectivity index (χ1n) is 12.5. The van der Waals surface area contributed by atoms with E-state index in [0.29, 0.717) is 49.3 Å². The van der Waals surface area contributed by atoms with Crippen LogP contribution in [0, 0.1) is 19.7 Å². The zero-order valence-corrected chi connectivity index (χ0v) is 22.3. The van der Waals surface area contributed by atoms with Crippen LogP contribution in [0.15, 0.2) is 36.8 Å². The van der Waals surface area contributed by atoms with Gasteiger partial charge in [0.2, 0.25) is 0 Å². The van der Waals surface area contributed by atoms with Gasteiger partial charge in [-0.15, -0.1) is 5.10 Å². The number of pyridine rings is 1. The Morgan fingerprint density at radius 2 is 1.73 bits per heavy atom. The zero-order valence-electron chi connectivity index (χ0n) is 22.3. The highest BCUT2D eigenvalue weighted by atomic mass is 19.4. The number of amides is 1. The van der Waals surface area contributed by atoms with Crippen molar-refractivity contribution < 1.29 is 22.4 Å². The summed E-state index contributed by atoms with van der Waals surface area (Å²) in [6.07, 6.45) is -0.282. The van der Waals surface area contributed by atoms with Gasteiger partial charge in [0.15, 0.2) is 5.82 Å². The summed E-state index contributed by atoms with van der Waals surface area (Å²) in [6.45, 7) is 5.47. The lowest BCUT2D eigenvalue weighted by Crippen LogP contribution is -2.45. The number of carbonyl (C=O) groups excluding carboxylic acids is 1. The van der Waals surface area contributed by atoms with Crippen LogP contribution in [0.1, 0.15) is 27.3 Å². The molecule has 10 nitrogen and oxygen atoms in total. The number of piperazine rings is 1. The topological polar surface area (TPSA) is 97.0 Å². The monoisotopic (exact) mass is 557 g/mol. The summed E-state index contributed by atoms with van der Waals surface area (Å²) in [4.78, 5) is 21.0. The third-order valence-corrected chi connectivity index (χ3v) is 7.03. The molecule has 0 bridgehead atoms. The summed E-state index contributed by atoms with van der Waals surface area (Å²) in [6, 6.07) is 3.35. The summed E-state index contributed by atoms with van der Waals surface area (Å²) >= 11 is 0. The number of hydrogen-bond donors (Lipinski definition) is 1. The largest absolute Gasteiger partial charge is 0.419 e. The molecule has 0 unspecified atom stereocenters. The lowest BCUT2D eigenvalue weighted by Gasteiger charge is -2.34. The van der Waals surface area contributed by atoms with Crippen molar-refractivity contribution in [3.63, 3.8) is 0 Å². The highest BCUT2D eigenvalue weighted by molar-refractivity contribution is 6.04. The average molecular weight is 558 g/mol. The number of nitrogens with zero attached hydrogens (tertiary/aromatic N) is 8. The molecule has 0 saturated carbocycles. The number of likely N-dealkylation sites (N-methyl/N-ethyl adjacent to an activating group) is 1. The molecule has 0 spiro atoms. The Labute approximate surface area is 227 Å². The highest BCUT2D eigenvalue weighted by Gasteiger charge is 2.37. The van der Waals surface area contributed by atoms with E-state index in [2.05, 4.69) is 25.7 Å². The Kier molecular flexibility index (Phi) is 7.04. The maximum absolute atomic E-state index is 15.0. The van der Waals surface area contributed by atoms with Crippen molar-refractivity contribution in [1.82, 2.24) is 34.7 Å². The number of nitrogens with one attached hydrogen (secondary N) is 1. The lowest BCUT2D eigenvalue weighted by atomic mass is 10.1. The molecule has 5 rings (SSSR count). The van der Waals surface area contributed by atoms with E-state index < -0.39 is 23.5 Å². The van der Waals surface area contributed by atoms with Gasteiger partial charge in [-0.3, -0.25) is 14.5 Å². The van der Waals surface area contributed by atoms with Crippen molar-refractivity contribution in [2.75, 3.05) is 43.4 Å². The van der Waals surface area contributed by atoms with Crippen LogP contribution < -0.4 is 10.2 Å². The standard InChI is InChI=1S/C26H27F4N9O/c1-15-22(39-14-21(34-35-39)19-13-32-37(4)16(19)2)9-17(12-31-15)25(40)33-18-10-20(26(28,29)30)24(27)23(11-18)38-7-5-36(3)6-8-38/h9-14H,5-8H2,1-4H3,(H,33,40). The molecule has 0 radical (unpaired) electrons. The van der Waals surface area contributed by atoms with Gasteiger partial charge in [-0.1, -0.05) is 5.21 Å². The fourth-order valence-electron chi connectivity index (χ4n) is 4.50. The zero-order chi connectivity index (χ0) is 28.8. The molecule has 0 aliphatic carbocycles. The number of carbonyl (C=O) groups is 1. The van der Waals surface area contributed by atoms with Crippen LogP contribution in [-0.4, -0.2) is 73.8 Å². The second-order valence-electron chi connectivity index (χ2n) is 9.74. The third-order valence-electron chi connectivity index (χ3n) is 7.03. The van der Waals surface area contributed by atoms with Crippen molar-refractivity contribution in [3.8, 4) is 16.9 Å². The molecule has 0 atom stereocenters. The number of aromatic nitrogens is 6. The number of benzene rings is 1. The number of hydrogen-bond acceptors (Lipinski definition) is 7. The van der Waals surface area contributed by atoms with Gasteiger partial charge in [0.05, 0.1) is 40.6 Å². The van der Waals surface area contributed by atoms with E-state index in [4.69, 9.17) is 0 Å². The van der Waals surface area contributed by atoms with Gasteiger partial charge < -0.3 is 15.1 Å². The van der Waals surface area contributed by atoms with Crippen LogP contribution in [0.4, 0.5) is 28.9 Å². The summed E-state index contributed by atoms with van der Waals surface area (Å²) < 4.78 is 59.4. The molecule has 14 heteroatoms. The van der Waals surface area contributed by atoms with E-state index in [1.54, 1.807) is 28.9 Å². The van der Waals surface area contributed by atoms with E-state index in [1.165, 1.54) is 23.0 Å². The summed E-state index contributed by atoms with van der Waals surface area (Å²) in [5.41, 5.74) is 1.52. The van der Waals surface area contributed by atoms with Crippen LogP contribution in [0.25, 0.3) is 16.9 Å². The van der Waals surface area contributed by atoms with Gasteiger partial charge >= 0.3 is 6.18 Å². The van der Waals surface area contributed by atoms with Gasteiger partial charge in [-0.05, 0) is 39.1 Å². The molecule has 4 aromatic rings. The molecular weight excluding hydrogens is 530 g/mol. The molecule has 1 aromatic carbocycles. The number of halogens is 4. The highest BCUT2D eigenvalue weighted by Crippen LogP contribution is 2.38. The van der Waals surface area contributed by atoms with Gasteiger partial charge in [-0.2, -0.15) is 18.3 Å². The van der Waals surface area contributed by atoms with Crippen LogP contribution in [0.3, 0.4) is 0 Å². The number of anilines is 2. The molecule has 210 valence electrons. The van der Waals surface area contributed by atoms with Crippen molar-refractivity contribution in [1.29, 1.82) is 0 Å². The minimum atomic E-state index is -4.94. The van der Waals surface area contributed by atoms with Crippen LogP contribution in [0.2, 0.25) is 0 Å². The predicted molar refractivity (Wildman–Crippen MR) is 140 cm³/mol. The van der Waals surface area contributed by atoms with E-state index in [1.807, 2.05) is 25.9 Å². The molecule has 1 N–H and O–H groups in total. The fourth-order valence-corrected chi connectivity index (χ4v) is 4.50. The van der Waals surface area contributed by atoms with Crippen molar-refractivity contribution in [2.24, 2.45) is 7.05 Å². The molecule has 1 saturated heterocycles. The molecule has 40 heavy (non-hydrogen) atoms. The second kappa shape index (κ2) is 10.3. The third kappa shape index (κ3) is 5.26. The maximum Gasteiger partial charge on any atom is 0.419 e.